The van der Waals surface area contributed by atoms with Gasteiger partial charge in [-0.1, -0.05) is 98.8 Å². The van der Waals surface area contributed by atoms with Crippen LogP contribution >= 0.6 is 0 Å². The number of hydrogen-bond acceptors (Lipinski definition) is 1. The maximum absolute atomic E-state index is 6.09. The number of fused-ring (bicyclic) bond motifs is 8. The standard InChI is InChI=1S/C32H24O/c1-32(2)26-11-5-3-9-24(26)30-22(8-7-12-27(30)32)19-20-14-16-23-21(18-20)15-17-29-31(23)25-10-4-6-13-28(25)33-29/h3-18H,19H2,1-2H3. The highest BCUT2D eigenvalue weighted by molar-refractivity contribution is 6.18. The summed E-state index contributed by atoms with van der Waals surface area (Å²) in [6.45, 7) is 4.69. The zero-order valence-corrected chi connectivity index (χ0v) is 18.9. The number of hydrogen-bond donors (Lipinski definition) is 0. The molecule has 158 valence electrons. The van der Waals surface area contributed by atoms with E-state index in [0.717, 1.165) is 17.6 Å². The molecule has 1 aromatic heterocycles. The molecule has 1 nitrogen and oxygen atoms in total. The van der Waals surface area contributed by atoms with Crippen LogP contribution in [0.1, 0.15) is 36.1 Å². The van der Waals surface area contributed by atoms with Crippen molar-refractivity contribution >= 4 is 32.7 Å². The van der Waals surface area contributed by atoms with Crippen molar-refractivity contribution in [3.63, 3.8) is 0 Å². The van der Waals surface area contributed by atoms with Crippen molar-refractivity contribution in [3.8, 4) is 11.1 Å². The summed E-state index contributed by atoms with van der Waals surface area (Å²) < 4.78 is 6.09. The Kier molecular flexibility index (Phi) is 3.73. The van der Waals surface area contributed by atoms with Crippen LogP contribution in [0.4, 0.5) is 0 Å². The van der Waals surface area contributed by atoms with E-state index in [0.29, 0.717) is 0 Å². The largest absolute Gasteiger partial charge is 0.456 e. The monoisotopic (exact) mass is 424 g/mol. The number of benzene rings is 5. The van der Waals surface area contributed by atoms with Crippen molar-refractivity contribution in [2.24, 2.45) is 0 Å². The zero-order valence-electron chi connectivity index (χ0n) is 18.9. The zero-order chi connectivity index (χ0) is 22.2. The van der Waals surface area contributed by atoms with Crippen molar-refractivity contribution in [2.45, 2.75) is 25.7 Å². The van der Waals surface area contributed by atoms with E-state index >= 15 is 0 Å². The molecular formula is C32H24O. The van der Waals surface area contributed by atoms with Crippen molar-refractivity contribution in [1.82, 2.24) is 0 Å². The van der Waals surface area contributed by atoms with Crippen LogP contribution in [0.2, 0.25) is 0 Å². The summed E-state index contributed by atoms with van der Waals surface area (Å²) in [4.78, 5) is 0. The van der Waals surface area contributed by atoms with Crippen LogP contribution in [-0.2, 0) is 11.8 Å². The SMILES string of the molecule is CC1(C)c2ccccc2-c2c(Cc3ccc4c(ccc5oc6ccccc6c54)c3)cccc21. The van der Waals surface area contributed by atoms with Crippen LogP contribution in [0.3, 0.4) is 0 Å². The smallest absolute Gasteiger partial charge is 0.136 e. The van der Waals surface area contributed by atoms with Gasteiger partial charge in [0.05, 0.1) is 0 Å². The first-order valence-electron chi connectivity index (χ1n) is 11.7. The van der Waals surface area contributed by atoms with Gasteiger partial charge in [0.25, 0.3) is 0 Å². The van der Waals surface area contributed by atoms with Crippen molar-refractivity contribution in [2.75, 3.05) is 0 Å². The number of furan rings is 1. The van der Waals surface area contributed by atoms with E-state index < -0.39 is 0 Å². The molecule has 6 aromatic rings. The van der Waals surface area contributed by atoms with Crippen LogP contribution in [0.25, 0.3) is 43.8 Å². The van der Waals surface area contributed by atoms with E-state index in [1.165, 1.54) is 54.9 Å². The van der Waals surface area contributed by atoms with E-state index in [1.54, 1.807) is 0 Å². The van der Waals surface area contributed by atoms with Gasteiger partial charge in [-0.15, -0.1) is 0 Å². The quantitative estimate of drug-likeness (QED) is 0.271. The van der Waals surface area contributed by atoms with Crippen LogP contribution < -0.4 is 0 Å². The second-order valence-electron chi connectivity index (χ2n) is 9.78. The fourth-order valence-corrected chi connectivity index (χ4v) is 5.91. The van der Waals surface area contributed by atoms with Gasteiger partial charge in [-0.05, 0) is 62.7 Å². The van der Waals surface area contributed by atoms with E-state index in [-0.39, 0.29) is 5.41 Å². The maximum atomic E-state index is 6.09. The lowest BCUT2D eigenvalue weighted by Crippen LogP contribution is -2.14. The Hall–Kier alpha value is -3.84. The van der Waals surface area contributed by atoms with Gasteiger partial charge in [-0.2, -0.15) is 0 Å². The molecule has 0 amide bonds. The second kappa shape index (κ2) is 6.59. The molecule has 0 spiro atoms. The van der Waals surface area contributed by atoms with Crippen molar-refractivity contribution in [1.29, 1.82) is 0 Å². The molecule has 0 unspecified atom stereocenters. The fourth-order valence-electron chi connectivity index (χ4n) is 5.91. The van der Waals surface area contributed by atoms with E-state index in [4.69, 9.17) is 4.42 Å². The Morgan fingerprint density at radius 3 is 2.42 bits per heavy atom. The molecule has 1 aliphatic rings. The fraction of sp³-hybridized carbons (Fsp3) is 0.125. The highest BCUT2D eigenvalue weighted by Crippen LogP contribution is 2.50. The number of para-hydroxylation sites is 1. The lowest BCUT2D eigenvalue weighted by atomic mass is 9.82. The Bertz CT molecular complexity index is 1710. The minimum atomic E-state index is 0.0409. The summed E-state index contributed by atoms with van der Waals surface area (Å²) in [6.07, 6.45) is 0.924. The van der Waals surface area contributed by atoms with Gasteiger partial charge < -0.3 is 4.42 Å². The summed E-state index contributed by atoms with van der Waals surface area (Å²) >= 11 is 0. The summed E-state index contributed by atoms with van der Waals surface area (Å²) in [5.41, 5.74) is 10.4. The molecule has 5 aromatic carbocycles. The minimum absolute atomic E-state index is 0.0409. The first-order chi connectivity index (χ1) is 16.1. The Labute approximate surface area is 193 Å². The molecule has 0 radical (unpaired) electrons. The molecule has 33 heavy (non-hydrogen) atoms. The molecule has 1 heteroatoms. The normalized spacial score (nSPS) is 14.1. The Morgan fingerprint density at radius 1 is 0.667 bits per heavy atom. The third-order valence-electron chi connectivity index (χ3n) is 7.51. The lowest BCUT2D eigenvalue weighted by Gasteiger charge is -2.21. The van der Waals surface area contributed by atoms with Crippen LogP contribution in [0, 0.1) is 0 Å². The van der Waals surface area contributed by atoms with Crippen LogP contribution in [0.15, 0.2) is 101 Å². The van der Waals surface area contributed by atoms with E-state index in [2.05, 4.69) is 98.8 Å². The van der Waals surface area contributed by atoms with Crippen molar-refractivity contribution < 1.29 is 4.42 Å². The molecule has 7 rings (SSSR count). The first kappa shape index (κ1) is 18.7. The highest BCUT2D eigenvalue weighted by atomic mass is 16.3. The molecule has 0 bridgehead atoms. The topological polar surface area (TPSA) is 13.1 Å². The summed E-state index contributed by atoms with van der Waals surface area (Å²) in [7, 11) is 0. The molecule has 1 aliphatic carbocycles. The van der Waals surface area contributed by atoms with Gasteiger partial charge in [-0.3, -0.25) is 0 Å². The molecular weight excluding hydrogens is 400 g/mol. The lowest BCUT2D eigenvalue weighted by molar-refractivity contribution is 0.660. The Balaban J connectivity index is 1.37. The third kappa shape index (κ3) is 2.60. The van der Waals surface area contributed by atoms with Gasteiger partial charge in [0.2, 0.25) is 0 Å². The summed E-state index contributed by atoms with van der Waals surface area (Å²) in [5.74, 6) is 0. The van der Waals surface area contributed by atoms with E-state index in [1.807, 2.05) is 12.1 Å². The average molecular weight is 425 g/mol. The molecule has 0 fully saturated rings. The third-order valence-corrected chi connectivity index (χ3v) is 7.51. The molecule has 1 heterocycles. The predicted molar refractivity (Wildman–Crippen MR) is 138 cm³/mol. The van der Waals surface area contributed by atoms with E-state index in [9.17, 15) is 0 Å². The molecule has 0 N–H and O–H groups in total. The minimum Gasteiger partial charge on any atom is -0.456 e. The molecule has 0 aliphatic heterocycles. The summed E-state index contributed by atoms with van der Waals surface area (Å²) in [6, 6.07) is 35.3. The molecule has 0 atom stereocenters. The first-order valence-corrected chi connectivity index (χ1v) is 11.7. The summed E-state index contributed by atoms with van der Waals surface area (Å²) in [5, 5.41) is 4.92. The second-order valence-corrected chi connectivity index (χ2v) is 9.78. The van der Waals surface area contributed by atoms with Crippen molar-refractivity contribution in [3.05, 3.63) is 119 Å². The van der Waals surface area contributed by atoms with Gasteiger partial charge in [0, 0.05) is 16.2 Å². The molecule has 0 saturated heterocycles. The van der Waals surface area contributed by atoms with Gasteiger partial charge in [-0.25, -0.2) is 0 Å². The van der Waals surface area contributed by atoms with Gasteiger partial charge in [0.15, 0.2) is 0 Å². The predicted octanol–water partition coefficient (Wildman–Crippen LogP) is 8.64. The highest BCUT2D eigenvalue weighted by Gasteiger charge is 2.36. The molecule has 0 saturated carbocycles. The van der Waals surface area contributed by atoms with Gasteiger partial charge >= 0.3 is 0 Å². The van der Waals surface area contributed by atoms with Gasteiger partial charge in [0.1, 0.15) is 11.2 Å². The maximum Gasteiger partial charge on any atom is 0.136 e. The van der Waals surface area contributed by atoms with Crippen LogP contribution in [-0.4, -0.2) is 0 Å². The number of rotatable bonds is 2. The Morgan fingerprint density at radius 2 is 1.48 bits per heavy atom. The average Bonchev–Trinajstić information content (AvgIpc) is 3.33. The van der Waals surface area contributed by atoms with Crippen LogP contribution in [0.5, 0.6) is 0 Å².